The maximum atomic E-state index is 13.2. The van der Waals surface area contributed by atoms with Crippen LogP contribution in [0.2, 0.25) is 10.0 Å². The molecule has 2 aromatic carbocycles. The molecule has 33 heavy (non-hydrogen) atoms. The molecule has 1 amide bonds. The van der Waals surface area contributed by atoms with Gasteiger partial charge in [-0.05, 0) is 54.4 Å². The number of rotatable bonds is 5. The van der Waals surface area contributed by atoms with Crippen LogP contribution in [0.25, 0.3) is 22.0 Å². The number of aromatic nitrogens is 2. The zero-order valence-corrected chi connectivity index (χ0v) is 20.0. The maximum absolute atomic E-state index is 13.2. The Kier molecular flexibility index (Phi) is 6.06. The molecular formula is C25H19Cl2N3O2S. The lowest BCUT2D eigenvalue weighted by Crippen LogP contribution is -2.45. The first-order chi connectivity index (χ1) is 16.0. The first-order valence-corrected chi connectivity index (χ1v) is 12.1. The number of halogens is 2. The molecule has 2 aromatic heterocycles. The molecule has 3 heterocycles. The summed E-state index contributed by atoms with van der Waals surface area (Å²) in [6, 6.07) is 16.9. The van der Waals surface area contributed by atoms with E-state index in [1.807, 2.05) is 54.8 Å². The van der Waals surface area contributed by atoms with E-state index in [9.17, 15) is 4.79 Å². The maximum Gasteiger partial charge on any atom is 0.268 e. The van der Waals surface area contributed by atoms with Gasteiger partial charge in [0.1, 0.15) is 10.8 Å². The minimum atomic E-state index is -0.538. The second-order valence-corrected chi connectivity index (χ2v) is 9.31. The van der Waals surface area contributed by atoms with Crippen LogP contribution in [0.5, 0.6) is 5.75 Å². The first kappa shape index (κ1) is 21.9. The highest BCUT2D eigenvalue weighted by Gasteiger charge is 2.34. The van der Waals surface area contributed by atoms with Gasteiger partial charge in [0.05, 0.1) is 23.6 Å². The molecule has 0 spiro atoms. The lowest BCUT2D eigenvalue weighted by molar-refractivity contribution is -0.126. The smallest absolute Gasteiger partial charge is 0.268 e. The quantitative estimate of drug-likeness (QED) is 0.302. The molecule has 0 saturated carbocycles. The second-order valence-electron chi connectivity index (χ2n) is 7.61. The summed E-state index contributed by atoms with van der Waals surface area (Å²) in [7, 11) is 0. The van der Waals surface area contributed by atoms with Crippen LogP contribution in [-0.2, 0) is 11.3 Å². The molecule has 0 bridgehead atoms. The van der Waals surface area contributed by atoms with Gasteiger partial charge in [-0.15, -0.1) is 11.3 Å². The summed E-state index contributed by atoms with van der Waals surface area (Å²) in [5, 5.41) is 3.91. The molecule has 4 aromatic rings. The van der Waals surface area contributed by atoms with Crippen LogP contribution in [0.1, 0.15) is 18.9 Å². The Morgan fingerprint density at radius 3 is 2.73 bits per heavy atom. The number of anilines is 1. The van der Waals surface area contributed by atoms with Crippen molar-refractivity contribution in [2.75, 3.05) is 4.90 Å². The molecule has 5 nitrogen and oxygen atoms in total. The number of ether oxygens (including phenoxy) is 1. The van der Waals surface area contributed by atoms with Crippen molar-refractivity contribution in [3.63, 3.8) is 0 Å². The molecule has 0 N–H and O–H groups in total. The van der Waals surface area contributed by atoms with E-state index in [1.165, 1.54) is 11.3 Å². The van der Waals surface area contributed by atoms with Crippen LogP contribution in [0.3, 0.4) is 0 Å². The monoisotopic (exact) mass is 495 g/mol. The van der Waals surface area contributed by atoms with Gasteiger partial charge >= 0.3 is 0 Å². The largest absolute Gasteiger partial charge is 0.478 e. The average Bonchev–Trinajstić information content (AvgIpc) is 3.33. The van der Waals surface area contributed by atoms with E-state index >= 15 is 0 Å². The van der Waals surface area contributed by atoms with Crippen LogP contribution >= 0.6 is 34.5 Å². The van der Waals surface area contributed by atoms with Crippen molar-refractivity contribution in [1.29, 1.82) is 0 Å². The molecule has 1 atom stereocenters. The number of amides is 1. The summed E-state index contributed by atoms with van der Waals surface area (Å²) in [6.45, 7) is 2.26. The van der Waals surface area contributed by atoms with Crippen LogP contribution in [0.15, 0.2) is 66.2 Å². The summed E-state index contributed by atoms with van der Waals surface area (Å²) in [6.07, 6.45) is 1.79. The molecule has 1 aliphatic heterocycles. The molecule has 1 unspecified atom stereocenters. The van der Waals surface area contributed by atoms with Crippen LogP contribution < -0.4 is 9.64 Å². The Morgan fingerprint density at radius 1 is 1.09 bits per heavy atom. The van der Waals surface area contributed by atoms with Crippen molar-refractivity contribution >= 4 is 46.1 Å². The second kappa shape index (κ2) is 9.14. The molecule has 1 aliphatic rings. The van der Waals surface area contributed by atoms with E-state index in [0.717, 1.165) is 27.5 Å². The van der Waals surface area contributed by atoms with Gasteiger partial charge in [-0.2, -0.15) is 0 Å². The Labute approximate surface area is 205 Å². The normalized spacial score (nSPS) is 15.3. The van der Waals surface area contributed by atoms with E-state index in [1.54, 1.807) is 23.2 Å². The molecule has 0 radical (unpaired) electrons. The van der Waals surface area contributed by atoms with Gasteiger partial charge in [0.2, 0.25) is 0 Å². The topological polar surface area (TPSA) is 55.3 Å². The SMILES string of the molecule is CCC1Oc2ccc(-c3csc(-c4ccccn4)n3)cc2N(Cc2ccc(Cl)cc2Cl)C1=O. The van der Waals surface area contributed by atoms with E-state index in [-0.39, 0.29) is 5.91 Å². The number of hydrogen-bond donors (Lipinski definition) is 0. The standard InChI is InChI=1S/C25H19Cl2N3O2S/c1-2-22-25(31)30(13-16-6-8-17(26)12-18(16)27)21-11-15(7-9-23(21)32-22)20-14-33-24(29-20)19-5-3-4-10-28-19/h3-12,14,22H,2,13H2,1H3. The van der Waals surface area contributed by atoms with Crippen molar-refractivity contribution in [1.82, 2.24) is 9.97 Å². The molecule has 166 valence electrons. The van der Waals surface area contributed by atoms with Gasteiger partial charge in [0.15, 0.2) is 6.10 Å². The zero-order valence-electron chi connectivity index (χ0n) is 17.7. The predicted molar refractivity (Wildman–Crippen MR) is 133 cm³/mol. The number of pyridine rings is 1. The molecule has 5 rings (SSSR count). The lowest BCUT2D eigenvalue weighted by Gasteiger charge is -2.34. The zero-order chi connectivity index (χ0) is 22.9. The Balaban J connectivity index is 1.53. The highest BCUT2D eigenvalue weighted by molar-refractivity contribution is 7.13. The summed E-state index contributed by atoms with van der Waals surface area (Å²) in [5.74, 6) is 0.566. The highest BCUT2D eigenvalue weighted by Crippen LogP contribution is 2.40. The highest BCUT2D eigenvalue weighted by atomic mass is 35.5. The van der Waals surface area contributed by atoms with Crippen molar-refractivity contribution in [3.05, 3.63) is 81.8 Å². The number of carbonyl (C=O) groups excluding carboxylic acids is 1. The summed E-state index contributed by atoms with van der Waals surface area (Å²) >= 11 is 14.0. The summed E-state index contributed by atoms with van der Waals surface area (Å²) < 4.78 is 6.00. The minimum Gasteiger partial charge on any atom is -0.478 e. The molecule has 0 fully saturated rings. The Hall–Kier alpha value is -2.93. The number of nitrogens with zero attached hydrogens (tertiary/aromatic N) is 3. The van der Waals surface area contributed by atoms with Crippen LogP contribution in [0.4, 0.5) is 5.69 Å². The third-order valence-corrected chi connectivity index (χ3v) is 6.91. The van der Waals surface area contributed by atoms with Crippen LogP contribution in [0, 0.1) is 0 Å². The Morgan fingerprint density at radius 2 is 1.97 bits per heavy atom. The fourth-order valence-electron chi connectivity index (χ4n) is 3.74. The molecule has 8 heteroatoms. The van der Waals surface area contributed by atoms with Gasteiger partial charge in [0, 0.05) is 27.2 Å². The first-order valence-electron chi connectivity index (χ1n) is 10.5. The van der Waals surface area contributed by atoms with Gasteiger partial charge in [-0.1, -0.05) is 42.3 Å². The fraction of sp³-hybridized carbons (Fsp3) is 0.160. The van der Waals surface area contributed by atoms with Crippen molar-refractivity contribution < 1.29 is 9.53 Å². The predicted octanol–water partition coefficient (Wildman–Crippen LogP) is 6.88. The van der Waals surface area contributed by atoms with Crippen LogP contribution in [-0.4, -0.2) is 22.0 Å². The van der Waals surface area contributed by atoms with E-state index in [2.05, 4.69) is 4.98 Å². The van der Waals surface area contributed by atoms with Gasteiger partial charge < -0.3 is 9.64 Å². The average molecular weight is 496 g/mol. The van der Waals surface area contributed by atoms with Gasteiger partial charge in [-0.25, -0.2) is 4.98 Å². The van der Waals surface area contributed by atoms with Crippen molar-refractivity contribution in [2.24, 2.45) is 0 Å². The number of hydrogen-bond acceptors (Lipinski definition) is 5. The molecule has 0 aliphatic carbocycles. The number of thiazole rings is 1. The Bertz CT molecular complexity index is 1330. The fourth-order valence-corrected chi connectivity index (χ4v) is 5.01. The van der Waals surface area contributed by atoms with Crippen molar-refractivity contribution in [2.45, 2.75) is 26.0 Å². The van der Waals surface area contributed by atoms with E-state index in [4.69, 9.17) is 32.9 Å². The third-order valence-electron chi connectivity index (χ3n) is 5.46. The van der Waals surface area contributed by atoms with Crippen molar-refractivity contribution in [3.8, 4) is 27.7 Å². The van der Waals surface area contributed by atoms with E-state index in [0.29, 0.717) is 34.4 Å². The molecule has 0 saturated heterocycles. The minimum absolute atomic E-state index is 0.0966. The van der Waals surface area contributed by atoms with Gasteiger partial charge in [0.25, 0.3) is 5.91 Å². The third kappa shape index (κ3) is 4.34. The van der Waals surface area contributed by atoms with Gasteiger partial charge in [-0.3, -0.25) is 9.78 Å². The number of benzene rings is 2. The number of fused-ring (bicyclic) bond motifs is 1. The van der Waals surface area contributed by atoms with E-state index < -0.39 is 6.10 Å². The summed E-state index contributed by atoms with van der Waals surface area (Å²) in [5.41, 5.74) is 4.05. The number of carbonyl (C=O) groups is 1. The molecular weight excluding hydrogens is 477 g/mol. The summed E-state index contributed by atoms with van der Waals surface area (Å²) in [4.78, 5) is 24.1. The lowest BCUT2D eigenvalue weighted by atomic mass is 10.1.